The van der Waals surface area contributed by atoms with Gasteiger partial charge in [-0.1, -0.05) is 54.6 Å². The lowest BCUT2D eigenvalue weighted by Gasteiger charge is -2.14. The molecule has 4 aromatic carbocycles. The molecule has 0 bridgehead atoms. The van der Waals surface area contributed by atoms with E-state index >= 15 is 0 Å². The van der Waals surface area contributed by atoms with Crippen LogP contribution in [0, 0.1) is 0 Å². The van der Waals surface area contributed by atoms with Crippen molar-refractivity contribution in [2.45, 2.75) is 0 Å². The number of nitrogens with zero attached hydrogens (tertiary/aromatic N) is 5. The molecule has 7 aromatic rings. The molecule has 0 fully saturated rings. The highest BCUT2D eigenvalue weighted by Gasteiger charge is 2.15. The van der Waals surface area contributed by atoms with Gasteiger partial charge in [0.1, 0.15) is 17.3 Å². The maximum absolute atomic E-state index is 6.41. The van der Waals surface area contributed by atoms with Crippen LogP contribution in [-0.2, 0) is 0 Å². The van der Waals surface area contributed by atoms with Gasteiger partial charge in [-0.05, 0) is 42.0 Å². The van der Waals surface area contributed by atoms with Gasteiger partial charge in [0.15, 0.2) is 0 Å². The summed E-state index contributed by atoms with van der Waals surface area (Å²) in [6.45, 7) is 0. The summed E-state index contributed by atoms with van der Waals surface area (Å²) in [5.41, 5.74) is 6.37. The molecule has 0 saturated carbocycles. The third-order valence-electron chi connectivity index (χ3n) is 7.13. The Balaban J connectivity index is 1.27. The number of anilines is 1. The number of benzene rings is 4. The normalized spacial score (nSPS) is 11.2. The Morgan fingerprint density at radius 1 is 0.675 bits per heavy atom. The molecule has 40 heavy (non-hydrogen) atoms. The van der Waals surface area contributed by atoms with E-state index in [9.17, 15) is 0 Å². The lowest BCUT2D eigenvalue weighted by Crippen LogP contribution is -2.09. The number of ether oxygens (including phenoxy) is 1. The van der Waals surface area contributed by atoms with Gasteiger partial charge in [-0.2, -0.15) is 5.10 Å². The first-order chi connectivity index (χ1) is 19.6. The van der Waals surface area contributed by atoms with E-state index in [0.29, 0.717) is 0 Å². The predicted octanol–water partition coefficient (Wildman–Crippen LogP) is 7.89. The van der Waals surface area contributed by atoms with E-state index in [1.54, 1.807) is 0 Å². The van der Waals surface area contributed by atoms with Crippen molar-refractivity contribution in [3.63, 3.8) is 0 Å². The fourth-order valence-electron chi connectivity index (χ4n) is 5.14. The lowest BCUT2D eigenvalue weighted by atomic mass is 10.1. The molecule has 0 N–H and O–H groups in total. The number of aromatic nitrogens is 4. The van der Waals surface area contributed by atoms with E-state index in [1.165, 1.54) is 5.39 Å². The van der Waals surface area contributed by atoms with Crippen LogP contribution in [0.3, 0.4) is 0 Å². The number of hydrogen-bond donors (Lipinski definition) is 0. The highest BCUT2D eigenvalue weighted by atomic mass is 16.5. The maximum atomic E-state index is 6.41. The third-order valence-corrected chi connectivity index (χ3v) is 7.13. The Bertz CT molecular complexity index is 1970. The van der Waals surface area contributed by atoms with Gasteiger partial charge in [0.2, 0.25) is 0 Å². The van der Waals surface area contributed by atoms with Crippen LogP contribution >= 0.6 is 0 Å². The first-order valence-electron chi connectivity index (χ1n) is 13.2. The van der Waals surface area contributed by atoms with Gasteiger partial charge >= 0.3 is 0 Å². The number of para-hydroxylation sites is 1. The van der Waals surface area contributed by atoms with Crippen molar-refractivity contribution < 1.29 is 4.74 Å². The van der Waals surface area contributed by atoms with Crippen molar-refractivity contribution in [2.75, 3.05) is 19.0 Å². The Kier molecular flexibility index (Phi) is 5.78. The molecular formula is C34H27N5O. The van der Waals surface area contributed by atoms with Gasteiger partial charge in [0.05, 0.1) is 22.9 Å². The molecule has 0 amide bonds. The van der Waals surface area contributed by atoms with Crippen molar-refractivity contribution >= 4 is 27.5 Å². The average Bonchev–Trinajstić information content (AvgIpc) is 3.61. The molecule has 3 heterocycles. The number of rotatable bonds is 6. The van der Waals surface area contributed by atoms with Crippen LogP contribution in [0.1, 0.15) is 0 Å². The minimum Gasteiger partial charge on any atom is -0.457 e. The Morgan fingerprint density at radius 3 is 2.35 bits per heavy atom. The van der Waals surface area contributed by atoms with Crippen LogP contribution in [0.5, 0.6) is 11.5 Å². The highest BCUT2D eigenvalue weighted by molar-refractivity contribution is 6.09. The smallest absolute Gasteiger partial charge is 0.139 e. The highest BCUT2D eigenvalue weighted by Crippen LogP contribution is 2.35. The zero-order valence-electron chi connectivity index (χ0n) is 22.3. The van der Waals surface area contributed by atoms with E-state index in [2.05, 4.69) is 69.2 Å². The Morgan fingerprint density at radius 2 is 1.48 bits per heavy atom. The third kappa shape index (κ3) is 4.25. The van der Waals surface area contributed by atoms with Crippen LogP contribution in [0.4, 0.5) is 5.69 Å². The second kappa shape index (κ2) is 9.75. The fraction of sp³-hybridized carbons (Fsp3) is 0.0588. The van der Waals surface area contributed by atoms with Crippen LogP contribution in [0.15, 0.2) is 128 Å². The largest absolute Gasteiger partial charge is 0.457 e. The summed E-state index contributed by atoms with van der Waals surface area (Å²) in [5.74, 6) is 2.36. The van der Waals surface area contributed by atoms with Crippen molar-refractivity contribution in [2.24, 2.45) is 0 Å². The molecule has 0 saturated heterocycles. The topological polar surface area (TPSA) is 48.1 Å². The second-order valence-electron chi connectivity index (χ2n) is 9.94. The molecule has 0 atom stereocenters. The predicted molar refractivity (Wildman–Crippen MR) is 162 cm³/mol. The molecule has 0 unspecified atom stereocenters. The molecule has 0 radical (unpaired) electrons. The zero-order chi connectivity index (χ0) is 27.1. The molecule has 0 aliphatic rings. The summed E-state index contributed by atoms with van der Waals surface area (Å²) in [5, 5.41) is 6.92. The quantitative estimate of drug-likeness (QED) is 0.223. The van der Waals surface area contributed by atoms with Gasteiger partial charge in [-0.3, -0.25) is 4.57 Å². The second-order valence-corrected chi connectivity index (χ2v) is 9.94. The van der Waals surface area contributed by atoms with E-state index in [-0.39, 0.29) is 0 Å². The molecule has 0 aliphatic carbocycles. The minimum atomic E-state index is 0.740. The van der Waals surface area contributed by atoms with Crippen LogP contribution in [0.2, 0.25) is 0 Å². The fourth-order valence-corrected chi connectivity index (χ4v) is 5.14. The van der Waals surface area contributed by atoms with E-state index < -0.39 is 0 Å². The van der Waals surface area contributed by atoms with E-state index in [1.807, 2.05) is 92.0 Å². The molecule has 0 spiro atoms. The van der Waals surface area contributed by atoms with Gasteiger partial charge in [0, 0.05) is 66.7 Å². The number of fused-ring (bicyclic) bond motifs is 3. The van der Waals surface area contributed by atoms with Gasteiger partial charge in [0.25, 0.3) is 0 Å². The first-order valence-corrected chi connectivity index (χ1v) is 13.2. The van der Waals surface area contributed by atoms with Crippen LogP contribution in [-0.4, -0.2) is 33.4 Å². The van der Waals surface area contributed by atoms with Crippen molar-refractivity contribution in [3.8, 4) is 34.1 Å². The molecule has 6 nitrogen and oxygen atoms in total. The van der Waals surface area contributed by atoms with Crippen molar-refractivity contribution in [1.82, 2.24) is 19.3 Å². The lowest BCUT2D eigenvalue weighted by molar-refractivity contribution is 0.483. The summed E-state index contributed by atoms with van der Waals surface area (Å²) in [7, 11) is 4.08. The zero-order valence-corrected chi connectivity index (χ0v) is 22.3. The van der Waals surface area contributed by atoms with Gasteiger partial charge < -0.3 is 9.64 Å². The summed E-state index contributed by atoms with van der Waals surface area (Å²) < 4.78 is 10.5. The first kappa shape index (κ1) is 23.7. The van der Waals surface area contributed by atoms with E-state index in [0.717, 1.165) is 56.2 Å². The van der Waals surface area contributed by atoms with Gasteiger partial charge in [-0.15, -0.1) is 0 Å². The number of hydrogen-bond acceptors (Lipinski definition) is 4. The Hall–Kier alpha value is -5.36. The minimum absolute atomic E-state index is 0.740. The van der Waals surface area contributed by atoms with Crippen molar-refractivity contribution in [3.05, 3.63) is 128 Å². The summed E-state index contributed by atoms with van der Waals surface area (Å²) in [4.78, 5) is 6.82. The van der Waals surface area contributed by atoms with Gasteiger partial charge in [-0.25, -0.2) is 9.67 Å². The molecule has 194 valence electrons. The van der Waals surface area contributed by atoms with Crippen LogP contribution in [0.25, 0.3) is 44.4 Å². The van der Waals surface area contributed by atoms with Crippen molar-refractivity contribution in [1.29, 1.82) is 0 Å². The molecule has 7 rings (SSSR count). The van der Waals surface area contributed by atoms with Crippen LogP contribution < -0.4 is 9.64 Å². The monoisotopic (exact) mass is 521 g/mol. The number of pyridine rings is 1. The van der Waals surface area contributed by atoms with E-state index in [4.69, 9.17) is 9.72 Å². The summed E-state index contributed by atoms with van der Waals surface area (Å²) in [6, 6.07) is 37.0. The molecule has 3 aromatic heterocycles. The molecular weight excluding hydrogens is 494 g/mol. The maximum Gasteiger partial charge on any atom is 0.139 e. The molecule has 0 aliphatic heterocycles. The standard InChI is InChI=1S/C34H27N5O/c1-37(2)26-17-18-35-34(20-26)39-32-14-7-6-13-30(32)31-16-15-29(21-33(31)39)40-28-12-8-11-27(19-28)38-23-25(22-36-38)24-9-4-3-5-10-24/h3-23H,1-2H3. The Labute approximate surface area is 232 Å². The average molecular weight is 522 g/mol. The molecule has 6 heteroatoms. The summed E-state index contributed by atoms with van der Waals surface area (Å²) in [6.07, 6.45) is 5.78. The summed E-state index contributed by atoms with van der Waals surface area (Å²) >= 11 is 0. The SMILES string of the molecule is CN(C)c1ccnc(-n2c3ccccc3c3ccc(Oc4cccc(-n5cc(-c6ccccc6)cn5)c4)cc32)c1.